The summed E-state index contributed by atoms with van der Waals surface area (Å²) >= 11 is 1.94. The van der Waals surface area contributed by atoms with E-state index in [1.807, 2.05) is 25.7 Å². The van der Waals surface area contributed by atoms with Crippen LogP contribution in [0.25, 0.3) is 0 Å². The van der Waals surface area contributed by atoms with Crippen LogP contribution in [0.4, 0.5) is 0 Å². The molecule has 1 aromatic rings. The Morgan fingerprint density at radius 1 is 1.12 bits per heavy atom. The summed E-state index contributed by atoms with van der Waals surface area (Å²) in [6.45, 7) is 7.66. The average Bonchev–Trinajstić information content (AvgIpc) is 2.57. The number of rotatable bonds is 11. The normalized spacial score (nSPS) is 11.0. The second-order valence-electron chi connectivity index (χ2n) is 5.37. The first-order chi connectivity index (χ1) is 11.3. The van der Waals surface area contributed by atoms with Crippen LogP contribution in [0.2, 0.25) is 0 Å². The smallest absolute Gasteiger partial charge is 0.191 e. The van der Waals surface area contributed by atoms with Gasteiger partial charge in [-0.3, -0.25) is 4.99 Å². The van der Waals surface area contributed by atoms with Crippen LogP contribution in [0.15, 0.2) is 29.3 Å². The molecule has 0 heterocycles. The molecule has 0 saturated carbocycles. The maximum atomic E-state index is 5.33. The van der Waals surface area contributed by atoms with E-state index in [-0.39, 0.29) is 24.0 Å². The molecule has 0 fully saturated rings. The molecule has 0 aliphatic heterocycles. The summed E-state index contributed by atoms with van der Waals surface area (Å²) < 4.78 is 5.33. The van der Waals surface area contributed by atoms with Crippen LogP contribution in [0.1, 0.15) is 30.9 Å². The lowest BCUT2D eigenvalue weighted by molar-refractivity contribution is 0.143. The van der Waals surface area contributed by atoms with E-state index in [1.54, 1.807) is 0 Å². The Balaban J connectivity index is 0.00000529. The Morgan fingerprint density at radius 3 is 2.50 bits per heavy atom. The minimum atomic E-state index is 0. The Hall–Kier alpha value is -0.470. The van der Waals surface area contributed by atoms with E-state index in [2.05, 4.69) is 46.8 Å². The molecule has 0 radical (unpaired) electrons. The zero-order valence-electron chi connectivity index (χ0n) is 15.1. The van der Waals surface area contributed by atoms with Gasteiger partial charge in [-0.05, 0) is 32.3 Å². The first-order valence-corrected chi connectivity index (χ1v) is 9.57. The molecular formula is C18H32IN3OS. The van der Waals surface area contributed by atoms with Crippen molar-refractivity contribution in [3.8, 4) is 0 Å². The zero-order chi connectivity index (χ0) is 16.8. The molecule has 0 unspecified atom stereocenters. The zero-order valence-corrected chi connectivity index (χ0v) is 18.3. The van der Waals surface area contributed by atoms with Crippen LogP contribution in [-0.4, -0.2) is 45.1 Å². The van der Waals surface area contributed by atoms with Crippen molar-refractivity contribution in [2.24, 2.45) is 4.99 Å². The average molecular weight is 465 g/mol. The fourth-order valence-corrected chi connectivity index (χ4v) is 2.84. The van der Waals surface area contributed by atoms with Crippen LogP contribution in [-0.2, 0) is 10.5 Å². The molecule has 1 aromatic carbocycles. The lowest BCUT2D eigenvalue weighted by Gasteiger charge is -2.11. The summed E-state index contributed by atoms with van der Waals surface area (Å²) in [6.07, 6.45) is 2.19. The molecule has 0 spiro atoms. The number of thioether (sulfide) groups is 1. The topological polar surface area (TPSA) is 45.6 Å². The predicted octanol–water partition coefficient (Wildman–Crippen LogP) is 3.83. The number of benzene rings is 1. The van der Waals surface area contributed by atoms with Gasteiger partial charge in [-0.15, -0.1) is 24.0 Å². The molecule has 0 atom stereocenters. The highest BCUT2D eigenvalue weighted by atomic mass is 127. The fraction of sp³-hybridized carbons (Fsp3) is 0.611. The Morgan fingerprint density at radius 2 is 1.83 bits per heavy atom. The van der Waals surface area contributed by atoms with Crippen molar-refractivity contribution in [1.82, 2.24) is 10.6 Å². The van der Waals surface area contributed by atoms with E-state index in [9.17, 15) is 0 Å². The van der Waals surface area contributed by atoms with Crippen LogP contribution in [0, 0.1) is 6.92 Å². The maximum absolute atomic E-state index is 5.33. The van der Waals surface area contributed by atoms with Gasteiger partial charge in [-0.1, -0.05) is 29.8 Å². The molecule has 2 N–H and O–H groups in total. The summed E-state index contributed by atoms with van der Waals surface area (Å²) in [4.78, 5) is 4.24. The number of nitrogens with one attached hydrogen (secondary N) is 2. The lowest BCUT2D eigenvalue weighted by atomic mass is 10.2. The van der Waals surface area contributed by atoms with Crippen molar-refractivity contribution in [3.63, 3.8) is 0 Å². The van der Waals surface area contributed by atoms with E-state index in [4.69, 9.17) is 4.74 Å². The van der Waals surface area contributed by atoms with E-state index >= 15 is 0 Å². The molecule has 0 aliphatic carbocycles. The quantitative estimate of drug-likeness (QED) is 0.226. The minimum Gasteiger partial charge on any atom is -0.382 e. The first-order valence-electron chi connectivity index (χ1n) is 8.41. The predicted molar refractivity (Wildman–Crippen MR) is 118 cm³/mol. The third-order valence-electron chi connectivity index (χ3n) is 3.36. The van der Waals surface area contributed by atoms with Crippen LogP contribution < -0.4 is 10.6 Å². The highest BCUT2D eigenvalue weighted by Crippen LogP contribution is 2.12. The first kappa shape index (κ1) is 23.5. The molecule has 1 rings (SSSR count). The van der Waals surface area contributed by atoms with Gasteiger partial charge in [0.1, 0.15) is 0 Å². The van der Waals surface area contributed by atoms with E-state index in [1.165, 1.54) is 11.1 Å². The van der Waals surface area contributed by atoms with Gasteiger partial charge in [-0.2, -0.15) is 11.8 Å². The highest BCUT2D eigenvalue weighted by Gasteiger charge is 1.98. The molecule has 0 saturated heterocycles. The van der Waals surface area contributed by atoms with E-state index in [0.717, 1.165) is 56.6 Å². The lowest BCUT2D eigenvalue weighted by Crippen LogP contribution is -2.38. The molecule has 4 nitrogen and oxygen atoms in total. The second-order valence-corrected chi connectivity index (χ2v) is 6.47. The maximum Gasteiger partial charge on any atom is 0.191 e. The molecule has 0 aliphatic rings. The number of hydrogen-bond donors (Lipinski definition) is 2. The Labute approximate surface area is 168 Å². The van der Waals surface area contributed by atoms with Crippen molar-refractivity contribution in [2.45, 2.75) is 32.4 Å². The SMILES string of the molecule is CCOCCCCNC(=NC)NCCSCc1ccc(C)cc1.I. The third kappa shape index (κ3) is 12.0. The van der Waals surface area contributed by atoms with Gasteiger partial charge in [0.05, 0.1) is 0 Å². The van der Waals surface area contributed by atoms with Gasteiger partial charge in [0.25, 0.3) is 0 Å². The monoisotopic (exact) mass is 465 g/mol. The molecule has 0 amide bonds. The summed E-state index contributed by atoms with van der Waals surface area (Å²) in [5, 5.41) is 6.69. The molecule has 0 bridgehead atoms. The van der Waals surface area contributed by atoms with E-state index in [0.29, 0.717) is 0 Å². The largest absolute Gasteiger partial charge is 0.382 e. The highest BCUT2D eigenvalue weighted by molar-refractivity contribution is 14.0. The minimum absolute atomic E-state index is 0. The van der Waals surface area contributed by atoms with Gasteiger partial charge in [0.15, 0.2) is 5.96 Å². The number of aliphatic imine (C=N–C) groups is 1. The van der Waals surface area contributed by atoms with Gasteiger partial charge in [0.2, 0.25) is 0 Å². The van der Waals surface area contributed by atoms with Crippen molar-refractivity contribution >= 4 is 41.7 Å². The van der Waals surface area contributed by atoms with Crippen molar-refractivity contribution in [1.29, 1.82) is 0 Å². The van der Waals surface area contributed by atoms with Crippen LogP contribution in [0.3, 0.4) is 0 Å². The number of guanidine groups is 1. The number of ether oxygens (including phenoxy) is 1. The molecule has 24 heavy (non-hydrogen) atoms. The number of aryl methyl sites for hydroxylation is 1. The summed E-state index contributed by atoms with van der Waals surface area (Å²) in [7, 11) is 1.81. The Kier molecular flexibility index (Phi) is 15.7. The van der Waals surface area contributed by atoms with Crippen molar-refractivity contribution < 1.29 is 4.74 Å². The molecule has 138 valence electrons. The summed E-state index contributed by atoms with van der Waals surface area (Å²) in [5.74, 6) is 3.02. The molecule has 6 heteroatoms. The van der Waals surface area contributed by atoms with Gasteiger partial charge in [0, 0.05) is 44.9 Å². The van der Waals surface area contributed by atoms with Crippen LogP contribution in [0.5, 0.6) is 0 Å². The van der Waals surface area contributed by atoms with Gasteiger partial charge < -0.3 is 15.4 Å². The summed E-state index contributed by atoms with van der Waals surface area (Å²) in [5.41, 5.74) is 2.70. The standard InChI is InChI=1S/C18H31N3OS.HI/c1-4-22-13-6-5-11-20-18(19-3)21-12-14-23-15-17-9-7-16(2)8-10-17;/h7-10H,4-6,11-15H2,1-3H3,(H2,19,20,21);1H. The third-order valence-corrected chi connectivity index (χ3v) is 4.39. The van der Waals surface area contributed by atoms with Gasteiger partial charge in [-0.25, -0.2) is 0 Å². The second kappa shape index (κ2) is 16.0. The summed E-state index contributed by atoms with van der Waals surface area (Å²) in [6, 6.07) is 8.76. The van der Waals surface area contributed by atoms with Gasteiger partial charge >= 0.3 is 0 Å². The number of halogens is 1. The number of unbranched alkanes of at least 4 members (excludes halogenated alkanes) is 1. The molecular weight excluding hydrogens is 433 g/mol. The fourth-order valence-electron chi connectivity index (χ4n) is 2.02. The number of hydrogen-bond acceptors (Lipinski definition) is 3. The van der Waals surface area contributed by atoms with Crippen molar-refractivity contribution in [2.75, 3.05) is 39.1 Å². The van der Waals surface area contributed by atoms with Crippen LogP contribution >= 0.6 is 35.7 Å². The number of nitrogens with zero attached hydrogens (tertiary/aromatic N) is 1. The molecule has 0 aromatic heterocycles. The Bertz CT molecular complexity index is 440. The van der Waals surface area contributed by atoms with Crippen molar-refractivity contribution in [3.05, 3.63) is 35.4 Å². The van der Waals surface area contributed by atoms with E-state index < -0.39 is 0 Å².